The average Bonchev–Trinajstić information content (AvgIpc) is 2.28. The van der Waals surface area contributed by atoms with Crippen LogP contribution in [0.2, 0.25) is 0 Å². The summed E-state index contributed by atoms with van der Waals surface area (Å²) in [5.74, 6) is 1.35. The smallest absolute Gasteiger partial charge is 0.182 e. The molecule has 0 amide bonds. The first-order valence-electron chi connectivity index (χ1n) is 5.54. The second-order valence-corrected chi connectivity index (χ2v) is 4.85. The molecule has 1 aromatic carbocycles. The van der Waals surface area contributed by atoms with E-state index in [1.807, 2.05) is 26.0 Å². The van der Waals surface area contributed by atoms with E-state index in [4.69, 9.17) is 9.47 Å². The minimum absolute atomic E-state index is 0.410. The zero-order valence-electron chi connectivity index (χ0n) is 10.6. The Labute approximate surface area is 101 Å². The lowest BCUT2D eigenvalue weighted by molar-refractivity contribution is -0.537. The second-order valence-electron chi connectivity index (χ2n) is 4.85. The van der Waals surface area contributed by atoms with Crippen LogP contribution in [0.4, 0.5) is 0 Å². The van der Waals surface area contributed by atoms with E-state index in [1.54, 1.807) is 20.4 Å². The summed E-state index contributed by atoms with van der Waals surface area (Å²) in [4.78, 5) is 0. The molecule has 0 aliphatic carbocycles. The number of hydrogen-bond donors (Lipinski definition) is 0. The molecule has 0 N–H and O–H groups in total. The van der Waals surface area contributed by atoms with Crippen molar-refractivity contribution < 1.29 is 14.2 Å². The van der Waals surface area contributed by atoms with Gasteiger partial charge in [0.05, 0.1) is 14.2 Å². The van der Waals surface area contributed by atoms with Crippen LogP contribution in [0.5, 0.6) is 11.5 Å². The number of benzene rings is 1. The topological polar surface area (TPSA) is 44.5 Å². The molecule has 0 aromatic heterocycles. The lowest BCUT2D eigenvalue weighted by Gasteiger charge is -2.28. The Morgan fingerprint density at radius 3 is 2.35 bits per heavy atom. The number of methoxy groups -OCH3 is 2. The number of ether oxygens (including phenoxy) is 2. The third-order valence-corrected chi connectivity index (χ3v) is 3.12. The Hall–Kier alpha value is -1.71. The fourth-order valence-electron chi connectivity index (χ4n) is 2.06. The van der Waals surface area contributed by atoms with Gasteiger partial charge in [0.25, 0.3) is 0 Å². The molecule has 0 unspecified atom stereocenters. The van der Waals surface area contributed by atoms with E-state index in [2.05, 4.69) is 0 Å². The van der Waals surface area contributed by atoms with Crippen molar-refractivity contribution >= 4 is 6.21 Å². The van der Waals surface area contributed by atoms with Crippen LogP contribution in [0.15, 0.2) is 12.1 Å². The summed E-state index contributed by atoms with van der Waals surface area (Å²) in [5, 5.41) is 11.8. The van der Waals surface area contributed by atoms with E-state index >= 15 is 0 Å². The third kappa shape index (κ3) is 1.95. The molecule has 4 heteroatoms. The van der Waals surface area contributed by atoms with Crippen molar-refractivity contribution in [3.63, 3.8) is 0 Å². The molecule has 0 saturated carbocycles. The largest absolute Gasteiger partial charge is 0.623 e. The average molecular weight is 235 g/mol. The minimum Gasteiger partial charge on any atom is -0.623 e. The van der Waals surface area contributed by atoms with Gasteiger partial charge in [0.1, 0.15) is 0 Å². The van der Waals surface area contributed by atoms with E-state index in [9.17, 15) is 5.21 Å². The summed E-state index contributed by atoms with van der Waals surface area (Å²) in [7, 11) is 3.20. The standard InChI is InChI=1S/C13H17NO3/c1-13(2)7-9-5-11(16-3)12(17-4)6-10(9)8-14(13)15/h5-6,8H,7H2,1-4H3. The lowest BCUT2D eigenvalue weighted by Crippen LogP contribution is -2.39. The molecule has 1 heterocycles. The van der Waals surface area contributed by atoms with Crippen LogP contribution in [-0.2, 0) is 6.42 Å². The maximum atomic E-state index is 11.8. The van der Waals surface area contributed by atoms with Crippen LogP contribution in [0.3, 0.4) is 0 Å². The van der Waals surface area contributed by atoms with Gasteiger partial charge in [-0.3, -0.25) is 0 Å². The normalized spacial score (nSPS) is 17.1. The minimum atomic E-state index is -0.410. The van der Waals surface area contributed by atoms with Crippen molar-refractivity contribution in [3.8, 4) is 11.5 Å². The monoisotopic (exact) mass is 235 g/mol. The van der Waals surface area contributed by atoms with E-state index in [0.717, 1.165) is 15.9 Å². The summed E-state index contributed by atoms with van der Waals surface area (Å²) in [6, 6.07) is 3.79. The first-order chi connectivity index (χ1) is 7.97. The molecule has 1 aliphatic rings. The number of fused-ring (bicyclic) bond motifs is 1. The summed E-state index contributed by atoms with van der Waals surface area (Å²) in [6.45, 7) is 3.85. The van der Waals surface area contributed by atoms with Crippen LogP contribution in [0.25, 0.3) is 0 Å². The van der Waals surface area contributed by atoms with Gasteiger partial charge >= 0.3 is 0 Å². The van der Waals surface area contributed by atoms with Gasteiger partial charge in [-0.05, 0) is 17.7 Å². The van der Waals surface area contributed by atoms with Gasteiger partial charge in [-0.2, -0.15) is 0 Å². The Bertz CT molecular complexity index is 478. The molecule has 0 spiro atoms. The fourth-order valence-corrected chi connectivity index (χ4v) is 2.06. The summed E-state index contributed by atoms with van der Waals surface area (Å²) >= 11 is 0. The van der Waals surface area contributed by atoms with Crippen LogP contribution in [-0.4, -0.2) is 30.7 Å². The molecule has 4 nitrogen and oxygen atoms in total. The van der Waals surface area contributed by atoms with Gasteiger partial charge in [0, 0.05) is 25.8 Å². The molecule has 2 rings (SSSR count). The van der Waals surface area contributed by atoms with Gasteiger partial charge in [0.15, 0.2) is 23.3 Å². The highest BCUT2D eigenvalue weighted by Gasteiger charge is 2.32. The molecular formula is C13H17NO3. The third-order valence-electron chi connectivity index (χ3n) is 3.12. The Balaban J connectivity index is 2.55. The molecule has 0 atom stereocenters. The fraction of sp³-hybridized carbons (Fsp3) is 0.462. The SMILES string of the molecule is COc1cc2c(cc1OC)CC(C)(C)[N+]([O-])=C2. The van der Waals surface area contributed by atoms with Crippen molar-refractivity contribution in [2.75, 3.05) is 14.2 Å². The number of nitrogens with zero attached hydrogens (tertiary/aromatic N) is 1. The first kappa shape index (κ1) is 11.8. The number of hydrogen-bond acceptors (Lipinski definition) is 3. The molecule has 0 fully saturated rings. The zero-order valence-corrected chi connectivity index (χ0v) is 10.6. The maximum Gasteiger partial charge on any atom is 0.182 e. The van der Waals surface area contributed by atoms with Crippen LogP contribution in [0, 0.1) is 5.21 Å². The van der Waals surface area contributed by atoms with Gasteiger partial charge in [-0.25, -0.2) is 4.74 Å². The molecule has 0 bridgehead atoms. The van der Waals surface area contributed by atoms with Crippen molar-refractivity contribution in [3.05, 3.63) is 28.5 Å². The van der Waals surface area contributed by atoms with Crippen LogP contribution < -0.4 is 9.47 Å². The Morgan fingerprint density at radius 1 is 1.18 bits per heavy atom. The summed E-state index contributed by atoms with van der Waals surface area (Å²) in [5.41, 5.74) is 1.60. The predicted octanol–water partition coefficient (Wildman–Crippen LogP) is 1.97. The Kier molecular flexibility index (Phi) is 2.73. The second kappa shape index (κ2) is 3.95. The molecule has 0 radical (unpaired) electrons. The van der Waals surface area contributed by atoms with E-state index in [0.29, 0.717) is 17.9 Å². The van der Waals surface area contributed by atoms with Crippen molar-refractivity contribution in [1.29, 1.82) is 0 Å². The molecular weight excluding hydrogens is 218 g/mol. The van der Waals surface area contributed by atoms with E-state index < -0.39 is 5.54 Å². The highest BCUT2D eigenvalue weighted by atomic mass is 16.5. The number of hydroxylamine groups is 1. The molecule has 1 aliphatic heterocycles. The zero-order chi connectivity index (χ0) is 12.6. The highest BCUT2D eigenvalue weighted by Crippen LogP contribution is 2.33. The molecule has 17 heavy (non-hydrogen) atoms. The van der Waals surface area contributed by atoms with Gasteiger partial charge in [-0.15, -0.1) is 0 Å². The van der Waals surface area contributed by atoms with Crippen LogP contribution >= 0.6 is 0 Å². The number of rotatable bonds is 2. The summed E-state index contributed by atoms with van der Waals surface area (Å²) in [6.07, 6.45) is 2.31. The molecule has 0 saturated heterocycles. The van der Waals surface area contributed by atoms with Crippen molar-refractivity contribution in [1.82, 2.24) is 0 Å². The highest BCUT2D eigenvalue weighted by molar-refractivity contribution is 5.81. The molecule has 92 valence electrons. The first-order valence-corrected chi connectivity index (χ1v) is 5.54. The molecule has 1 aromatic rings. The van der Waals surface area contributed by atoms with Crippen LogP contribution in [0.1, 0.15) is 25.0 Å². The van der Waals surface area contributed by atoms with Crippen molar-refractivity contribution in [2.24, 2.45) is 0 Å². The van der Waals surface area contributed by atoms with Gasteiger partial charge in [-0.1, -0.05) is 0 Å². The summed E-state index contributed by atoms with van der Waals surface area (Å²) < 4.78 is 11.5. The van der Waals surface area contributed by atoms with Crippen molar-refractivity contribution in [2.45, 2.75) is 25.8 Å². The maximum absolute atomic E-state index is 11.8. The van der Waals surface area contributed by atoms with E-state index in [1.165, 1.54) is 0 Å². The van der Waals surface area contributed by atoms with E-state index in [-0.39, 0.29) is 0 Å². The predicted molar refractivity (Wildman–Crippen MR) is 66.1 cm³/mol. The Morgan fingerprint density at radius 2 is 1.76 bits per heavy atom. The lowest BCUT2D eigenvalue weighted by atomic mass is 9.89. The van der Waals surface area contributed by atoms with Gasteiger partial charge in [0.2, 0.25) is 0 Å². The van der Waals surface area contributed by atoms with Gasteiger partial charge < -0.3 is 14.7 Å². The quantitative estimate of drug-likeness (QED) is 0.581.